The molecular formula is C34H33ClF3N3O4S. The maximum atomic E-state index is 14.4. The zero-order valence-corrected chi connectivity index (χ0v) is 26.5. The van der Waals surface area contributed by atoms with Crippen LogP contribution in [-0.4, -0.2) is 44.3 Å². The highest BCUT2D eigenvalue weighted by Crippen LogP contribution is 2.38. The van der Waals surface area contributed by atoms with E-state index in [0.717, 1.165) is 17.7 Å². The van der Waals surface area contributed by atoms with Crippen molar-refractivity contribution >= 4 is 39.1 Å². The Labute approximate surface area is 271 Å². The summed E-state index contributed by atoms with van der Waals surface area (Å²) in [5.74, 6) is -1.24. The van der Waals surface area contributed by atoms with E-state index in [-0.39, 0.29) is 17.9 Å². The van der Waals surface area contributed by atoms with Crippen LogP contribution < -0.4 is 9.62 Å². The number of carbonyl (C=O) groups is 2. The Kier molecular flexibility index (Phi) is 11.5. The average Bonchev–Trinajstić information content (AvgIpc) is 3.05. The van der Waals surface area contributed by atoms with E-state index in [4.69, 9.17) is 11.6 Å². The van der Waals surface area contributed by atoms with Gasteiger partial charge < -0.3 is 10.2 Å². The number of sulfonamides is 1. The maximum absolute atomic E-state index is 14.4. The summed E-state index contributed by atoms with van der Waals surface area (Å²) in [6.45, 7) is 1.27. The summed E-state index contributed by atoms with van der Waals surface area (Å²) < 4.78 is 70.2. The highest BCUT2D eigenvalue weighted by Gasteiger charge is 2.37. The number of amides is 2. The molecule has 0 saturated carbocycles. The van der Waals surface area contributed by atoms with Gasteiger partial charge in [-0.1, -0.05) is 97.4 Å². The van der Waals surface area contributed by atoms with Gasteiger partial charge in [0.15, 0.2) is 0 Å². The second-order valence-corrected chi connectivity index (χ2v) is 12.8. The third kappa shape index (κ3) is 8.67. The lowest BCUT2D eigenvalue weighted by Gasteiger charge is -2.34. The monoisotopic (exact) mass is 671 g/mol. The Morgan fingerprint density at radius 1 is 0.848 bits per heavy atom. The molecule has 1 N–H and O–H groups in total. The van der Waals surface area contributed by atoms with E-state index < -0.39 is 56.9 Å². The van der Waals surface area contributed by atoms with Gasteiger partial charge >= 0.3 is 6.18 Å². The van der Waals surface area contributed by atoms with Crippen LogP contribution in [0.2, 0.25) is 5.02 Å². The van der Waals surface area contributed by atoms with E-state index in [1.165, 1.54) is 29.2 Å². The number of alkyl halides is 3. The molecule has 0 unspecified atom stereocenters. The number of carbonyl (C=O) groups excluding carboxylic acids is 2. The largest absolute Gasteiger partial charge is 0.417 e. The molecule has 0 saturated heterocycles. The van der Waals surface area contributed by atoms with E-state index >= 15 is 0 Å². The number of rotatable bonds is 13. The van der Waals surface area contributed by atoms with Crippen LogP contribution in [0.1, 0.15) is 30.0 Å². The molecule has 0 heterocycles. The molecule has 4 aromatic carbocycles. The molecule has 2 amide bonds. The lowest BCUT2D eigenvalue weighted by Crippen LogP contribution is -2.53. The summed E-state index contributed by atoms with van der Waals surface area (Å²) in [6.07, 6.45) is -4.14. The lowest BCUT2D eigenvalue weighted by molar-refractivity contribution is -0.140. The average molecular weight is 672 g/mol. The SMILES string of the molecule is CCCNC(=O)[C@H](Cc1ccccc1)N(Cc1ccccc1)C(=O)CN(c1ccc(Cl)c(C(F)(F)F)c1)S(=O)(=O)c1ccccc1. The topological polar surface area (TPSA) is 86.8 Å². The molecule has 0 fully saturated rings. The highest BCUT2D eigenvalue weighted by molar-refractivity contribution is 7.92. The van der Waals surface area contributed by atoms with E-state index in [2.05, 4.69) is 5.32 Å². The van der Waals surface area contributed by atoms with Gasteiger partial charge in [-0.05, 0) is 47.9 Å². The van der Waals surface area contributed by atoms with Gasteiger partial charge in [0.05, 0.1) is 21.2 Å². The Bertz CT molecular complexity index is 1730. The number of nitrogens with one attached hydrogen (secondary N) is 1. The van der Waals surface area contributed by atoms with Gasteiger partial charge in [0.1, 0.15) is 12.6 Å². The standard InChI is InChI=1S/C34H33ClF3N3O4S/c1-2-20-39-33(43)31(21-25-12-6-3-7-13-25)40(23-26-14-8-4-9-15-26)32(42)24-41(46(44,45)28-16-10-5-11-17-28)27-18-19-30(35)29(22-27)34(36,37)38/h3-19,22,31H,2,20-21,23-24H2,1H3,(H,39,43)/t31-/m0/s1. The van der Waals surface area contributed by atoms with Gasteiger partial charge in [0.25, 0.3) is 10.0 Å². The van der Waals surface area contributed by atoms with Crippen LogP contribution in [-0.2, 0) is 38.8 Å². The maximum Gasteiger partial charge on any atom is 0.417 e. The first kappa shape index (κ1) is 34.5. The number of nitrogens with zero attached hydrogens (tertiary/aromatic N) is 2. The zero-order chi connectivity index (χ0) is 33.3. The van der Waals surface area contributed by atoms with Crippen molar-refractivity contribution in [1.82, 2.24) is 10.2 Å². The number of anilines is 1. The normalized spacial score (nSPS) is 12.3. The molecule has 1 atom stereocenters. The number of hydrogen-bond donors (Lipinski definition) is 1. The molecule has 4 rings (SSSR count). The van der Waals surface area contributed by atoms with E-state index in [1.54, 1.807) is 48.5 Å². The number of hydrogen-bond acceptors (Lipinski definition) is 4. The summed E-state index contributed by atoms with van der Waals surface area (Å²) in [6, 6.07) is 26.5. The van der Waals surface area contributed by atoms with Crippen LogP contribution in [0.15, 0.2) is 114 Å². The smallest absolute Gasteiger partial charge is 0.354 e. The summed E-state index contributed by atoms with van der Waals surface area (Å²) in [7, 11) is -4.57. The van der Waals surface area contributed by atoms with Crippen LogP contribution in [0, 0.1) is 0 Å². The molecule has 0 aliphatic rings. The summed E-state index contributed by atoms with van der Waals surface area (Å²) >= 11 is 5.85. The van der Waals surface area contributed by atoms with Crippen molar-refractivity contribution in [3.63, 3.8) is 0 Å². The fraction of sp³-hybridized carbons (Fsp3) is 0.235. The molecule has 46 heavy (non-hydrogen) atoms. The molecule has 4 aromatic rings. The van der Waals surface area contributed by atoms with Gasteiger partial charge in [0, 0.05) is 19.5 Å². The fourth-order valence-corrected chi connectivity index (χ4v) is 6.49. The number of benzene rings is 4. The molecule has 0 aliphatic heterocycles. The summed E-state index contributed by atoms with van der Waals surface area (Å²) in [5, 5.41) is 2.22. The van der Waals surface area contributed by atoms with Crippen molar-refractivity contribution in [3.8, 4) is 0 Å². The Morgan fingerprint density at radius 2 is 1.41 bits per heavy atom. The third-order valence-corrected chi connectivity index (χ3v) is 9.29. The summed E-state index contributed by atoms with van der Waals surface area (Å²) in [4.78, 5) is 29.0. The first-order chi connectivity index (χ1) is 21.9. The van der Waals surface area contributed by atoms with Crippen molar-refractivity contribution in [2.45, 2.75) is 43.4 Å². The predicted octanol–water partition coefficient (Wildman–Crippen LogP) is 6.72. The number of halogens is 4. The molecule has 0 radical (unpaired) electrons. The molecule has 0 spiro atoms. The third-order valence-electron chi connectivity index (χ3n) is 7.17. The fourth-order valence-electron chi connectivity index (χ4n) is 4.83. The van der Waals surface area contributed by atoms with Gasteiger partial charge in [-0.3, -0.25) is 13.9 Å². The van der Waals surface area contributed by atoms with Gasteiger partial charge in [-0.25, -0.2) is 8.42 Å². The van der Waals surface area contributed by atoms with Gasteiger partial charge in [0.2, 0.25) is 11.8 Å². The van der Waals surface area contributed by atoms with Crippen LogP contribution in [0.4, 0.5) is 18.9 Å². The minimum atomic E-state index is -4.89. The molecule has 242 valence electrons. The van der Waals surface area contributed by atoms with Gasteiger partial charge in [-0.15, -0.1) is 0 Å². The molecule has 0 bridgehead atoms. The van der Waals surface area contributed by atoms with Crippen molar-refractivity contribution in [2.24, 2.45) is 0 Å². The second-order valence-electron chi connectivity index (χ2n) is 10.5. The van der Waals surface area contributed by atoms with Crippen LogP contribution >= 0.6 is 11.6 Å². The Hall–Kier alpha value is -4.35. The Morgan fingerprint density at radius 3 is 1.98 bits per heavy atom. The van der Waals surface area contributed by atoms with E-state index in [0.29, 0.717) is 28.9 Å². The highest BCUT2D eigenvalue weighted by atomic mass is 35.5. The van der Waals surface area contributed by atoms with Crippen molar-refractivity contribution in [1.29, 1.82) is 0 Å². The molecule has 7 nitrogen and oxygen atoms in total. The minimum Gasteiger partial charge on any atom is -0.354 e. The van der Waals surface area contributed by atoms with Crippen LogP contribution in [0.25, 0.3) is 0 Å². The summed E-state index contributed by atoms with van der Waals surface area (Å²) in [5.41, 5.74) is -0.245. The zero-order valence-electron chi connectivity index (χ0n) is 25.0. The van der Waals surface area contributed by atoms with Crippen LogP contribution in [0.3, 0.4) is 0 Å². The molecule has 12 heteroatoms. The first-order valence-corrected chi connectivity index (χ1v) is 16.3. The molecule has 0 aliphatic carbocycles. The minimum absolute atomic E-state index is 0.0651. The Balaban J connectivity index is 1.83. The van der Waals surface area contributed by atoms with E-state index in [9.17, 15) is 31.2 Å². The van der Waals surface area contributed by atoms with Crippen molar-refractivity contribution in [2.75, 3.05) is 17.4 Å². The predicted molar refractivity (Wildman–Crippen MR) is 172 cm³/mol. The molecule has 0 aromatic heterocycles. The van der Waals surface area contributed by atoms with Crippen LogP contribution in [0.5, 0.6) is 0 Å². The van der Waals surface area contributed by atoms with Gasteiger partial charge in [-0.2, -0.15) is 13.2 Å². The lowest BCUT2D eigenvalue weighted by atomic mass is 10.0. The van der Waals surface area contributed by atoms with Crippen molar-refractivity contribution in [3.05, 3.63) is 131 Å². The first-order valence-electron chi connectivity index (χ1n) is 14.5. The second kappa shape index (κ2) is 15.3. The quantitative estimate of drug-likeness (QED) is 0.171. The van der Waals surface area contributed by atoms with E-state index in [1.807, 2.05) is 25.1 Å². The molecular weight excluding hydrogens is 639 g/mol. The van der Waals surface area contributed by atoms with Crippen molar-refractivity contribution < 1.29 is 31.2 Å².